The van der Waals surface area contributed by atoms with E-state index < -0.39 is 22.3 Å². The SMILES string of the molecule is O=C(N/N=C\c1ccc(O)c([N+](=O)[O-])c1)c1ccc2c(c1)OCO2. The molecule has 1 aliphatic heterocycles. The number of benzene rings is 2. The Kier molecular flexibility index (Phi) is 3.98. The average molecular weight is 329 g/mol. The molecule has 1 aliphatic rings. The van der Waals surface area contributed by atoms with Crippen LogP contribution in [-0.2, 0) is 0 Å². The van der Waals surface area contributed by atoms with Crippen LogP contribution >= 0.6 is 0 Å². The molecule has 0 aliphatic carbocycles. The van der Waals surface area contributed by atoms with Gasteiger partial charge in [0.2, 0.25) is 6.79 Å². The van der Waals surface area contributed by atoms with Crippen molar-refractivity contribution in [2.75, 3.05) is 6.79 Å². The molecule has 0 aromatic heterocycles. The molecule has 0 radical (unpaired) electrons. The summed E-state index contributed by atoms with van der Waals surface area (Å²) in [6.45, 7) is 0.109. The molecule has 9 heteroatoms. The number of nitro benzene ring substituents is 1. The van der Waals surface area contributed by atoms with Crippen LogP contribution in [0.25, 0.3) is 0 Å². The highest BCUT2D eigenvalue weighted by Gasteiger charge is 2.16. The summed E-state index contributed by atoms with van der Waals surface area (Å²) < 4.78 is 10.3. The van der Waals surface area contributed by atoms with E-state index in [0.717, 1.165) is 6.07 Å². The van der Waals surface area contributed by atoms with E-state index in [-0.39, 0.29) is 6.79 Å². The first kappa shape index (κ1) is 15.3. The zero-order valence-corrected chi connectivity index (χ0v) is 12.1. The minimum Gasteiger partial charge on any atom is -0.502 e. The summed E-state index contributed by atoms with van der Waals surface area (Å²) in [4.78, 5) is 22.0. The maximum atomic E-state index is 12.0. The van der Waals surface area contributed by atoms with E-state index in [9.17, 15) is 20.0 Å². The van der Waals surface area contributed by atoms with E-state index in [0.29, 0.717) is 22.6 Å². The lowest BCUT2D eigenvalue weighted by Crippen LogP contribution is -2.17. The molecule has 0 unspecified atom stereocenters. The fraction of sp³-hybridized carbons (Fsp3) is 0.0667. The lowest BCUT2D eigenvalue weighted by Gasteiger charge is -2.02. The molecule has 1 heterocycles. The third-order valence-corrected chi connectivity index (χ3v) is 3.21. The van der Waals surface area contributed by atoms with Gasteiger partial charge in [-0.1, -0.05) is 0 Å². The smallest absolute Gasteiger partial charge is 0.311 e. The van der Waals surface area contributed by atoms with Crippen molar-refractivity contribution in [1.82, 2.24) is 5.43 Å². The predicted octanol–water partition coefficient (Wildman–Crippen LogP) is 1.79. The van der Waals surface area contributed by atoms with Crippen LogP contribution in [0.1, 0.15) is 15.9 Å². The van der Waals surface area contributed by atoms with Gasteiger partial charge in [-0.3, -0.25) is 14.9 Å². The molecule has 0 spiro atoms. The van der Waals surface area contributed by atoms with Crippen LogP contribution < -0.4 is 14.9 Å². The standard InChI is InChI=1S/C15H11N3O6/c19-12-3-1-9(5-11(12)18(21)22)7-16-17-15(20)10-2-4-13-14(6-10)24-8-23-13/h1-7,19H,8H2,(H,17,20)/b16-7-. The predicted molar refractivity (Wildman–Crippen MR) is 82.4 cm³/mol. The van der Waals surface area contributed by atoms with E-state index in [2.05, 4.69) is 10.5 Å². The van der Waals surface area contributed by atoms with Crippen LogP contribution in [0.3, 0.4) is 0 Å². The van der Waals surface area contributed by atoms with E-state index in [1.54, 1.807) is 12.1 Å². The lowest BCUT2D eigenvalue weighted by molar-refractivity contribution is -0.385. The van der Waals surface area contributed by atoms with Crippen molar-refractivity contribution in [2.45, 2.75) is 0 Å². The molecular weight excluding hydrogens is 318 g/mol. The van der Waals surface area contributed by atoms with Gasteiger partial charge in [0.25, 0.3) is 5.91 Å². The van der Waals surface area contributed by atoms with Crippen molar-refractivity contribution in [3.63, 3.8) is 0 Å². The van der Waals surface area contributed by atoms with Gasteiger partial charge >= 0.3 is 5.69 Å². The van der Waals surface area contributed by atoms with Crippen molar-refractivity contribution in [3.8, 4) is 17.2 Å². The summed E-state index contributed by atoms with van der Waals surface area (Å²) in [5.41, 5.74) is 2.54. The Balaban J connectivity index is 1.69. The first-order valence-corrected chi connectivity index (χ1v) is 6.75. The molecular formula is C15H11N3O6. The summed E-state index contributed by atoms with van der Waals surface area (Å²) in [5, 5.41) is 23.9. The number of rotatable bonds is 4. The summed E-state index contributed by atoms with van der Waals surface area (Å²) >= 11 is 0. The Bertz CT molecular complexity index is 849. The number of aromatic hydroxyl groups is 1. The molecule has 122 valence electrons. The minimum atomic E-state index is -0.710. The van der Waals surface area contributed by atoms with Gasteiger partial charge in [-0.15, -0.1) is 0 Å². The number of hydrogen-bond acceptors (Lipinski definition) is 7. The van der Waals surface area contributed by atoms with Gasteiger partial charge < -0.3 is 14.6 Å². The van der Waals surface area contributed by atoms with Gasteiger partial charge in [0.1, 0.15) is 0 Å². The fourth-order valence-corrected chi connectivity index (χ4v) is 2.03. The van der Waals surface area contributed by atoms with Gasteiger partial charge in [0.05, 0.1) is 11.1 Å². The maximum Gasteiger partial charge on any atom is 0.311 e. The zero-order chi connectivity index (χ0) is 17.1. The molecule has 24 heavy (non-hydrogen) atoms. The van der Waals surface area contributed by atoms with E-state index in [4.69, 9.17) is 9.47 Å². The van der Waals surface area contributed by atoms with E-state index >= 15 is 0 Å². The maximum absolute atomic E-state index is 12.0. The first-order valence-electron chi connectivity index (χ1n) is 6.75. The third kappa shape index (κ3) is 3.09. The Morgan fingerprint density at radius 3 is 2.83 bits per heavy atom. The second kappa shape index (κ2) is 6.24. The molecule has 1 amide bonds. The molecule has 3 rings (SSSR count). The van der Waals surface area contributed by atoms with Gasteiger partial charge in [-0.25, -0.2) is 5.43 Å². The number of ether oxygens (including phenoxy) is 2. The number of hydrazone groups is 1. The van der Waals surface area contributed by atoms with Crippen molar-refractivity contribution in [3.05, 3.63) is 57.6 Å². The molecule has 0 fully saturated rings. The van der Waals surface area contributed by atoms with Gasteiger partial charge in [-0.2, -0.15) is 5.10 Å². The van der Waals surface area contributed by atoms with Crippen LogP contribution in [0.15, 0.2) is 41.5 Å². The number of fused-ring (bicyclic) bond motifs is 1. The summed E-state index contributed by atoms with van der Waals surface area (Å²) in [7, 11) is 0. The number of hydrogen-bond donors (Lipinski definition) is 2. The summed E-state index contributed by atoms with van der Waals surface area (Å²) in [6, 6.07) is 8.45. The second-order valence-corrected chi connectivity index (χ2v) is 4.77. The number of carbonyl (C=O) groups excluding carboxylic acids is 1. The van der Waals surface area contributed by atoms with Gasteiger partial charge in [-0.05, 0) is 30.3 Å². The van der Waals surface area contributed by atoms with Crippen LogP contribution in [-0.4, -0.2) is 28.9 Å². The molecule has 2 aromatic rings. The van der Waals surface area contributed by atoms with E-state index in [1.807, 2.05) is 0 Å². The monoisotopic (exact) mass is 329 g/mol. The number of nitrogens with zero attached hydrogens (tertiary/aromatic N) is 2. The van der Waals surface area contributed by atoms with Crippen LogP contribution in [0.2, 0.25) is 0 Å². The summed E-state index contributed by atoms with van der Waals surface area (Å²) in [5.74, 6) is 0.117. The minimum absolute atomic E-state index is 0.109. The molecule has 0 atom stereocenters. The number of nitro groups is 1. The highest BCUT2D eigenvalue weighted by atomic mass is 16.7. The van der Waals surface area contributed by atoms with Crippen LogP contribution in [0.5, 0.6) is 17.2 Å². The van der Waals surface area contributed by atoms with Crippen molar-refractivity contribution >= 4 is 17.8 Å². The highest BCUT2D eigenvalue weighted by molar-refractivity contribution is 5.95. The number of nitrogens with one attached hydrogen (secondary N) is 1. The van der Waals surface area contributed by atoms with Gasteiger partial charge in [0.15, 0.2) is 17.2 Å². The van der Waals surface area contributed by atoms with Gasteiger partial charge in [0, 0.05) is 17.2 Å². The Morgan fingerprint density at radius 2 is 2.04 bits per heavy atom. The number of carbonyl (C=O) groups is 1. The lowest BCUT2D eigenvalue weighted by atomic mass is 10.2. The Labute approximate surface area is 135 Å². The molecule has 0 saturated carbocycles. The number of amides is 1. The van der Waals surface area contributed by atoms with Crippen LogP contribution in [0.4, 0.5) is 5.69 Å². The average Bonchev–Trinajstić information content (AvgIpc) is 3.03. The van der Waals surface area contributed by atoms with E-state index in [1.165, 1.54) is 24.4 Å². The topological polar surface area (TPSA) is 123 Å². The Morgan fingerprint density at radius 1 is 1.25 bits per heavy atom. The molecule has 0 bridgehead atoms. The molecule has 9 nitrogen and oxygen atoms in total. The van der Waals surface area contributed by atoms with Crippen molar-refractivity contribution in [1.29, 1.82) is 0 Å². The largest absolute Gasteiger partial charge is 0.502 e. The normalized spacial score (nSPS) is 12.3. The molecule has 0 saturated heterocycles. The van der Waals surface area contributed by atoms with Crippen molar-refractivity contribution in [2.24, 2.45) is 5.10 Å². The second-order valence-electron chi connectivity index (χ2n) is 4.77. The quantitative estimate of drug-likeness (QED) is 0.501. The third-order valence-electron chi connectivity index (χ3n) is 3.21. The number of phenols is 1. The zero-order valence-electron chi connectivity index (χ0n) is 12.1. The Hall–Kier alpha value is -3.62. The highest BCUT2D eigenvalue weighted by Crippen LogP contribution is 2.32. The fourth-order valence-electron chi connectivity index (χ4n) is 2.03. The number of phenolic OH excluding ortho intramolecular Hbond substituents is 1. The molecule has 2 N–H and O–H groups in total. The first-order chi connectivity index (χ1) is 11.5. The van der Waals surface area contributed by atoms with Crippen molar-refractivity contribution < 1.29 is 24.3 Å². The summed E-state index contributed by atoms with van der Waals surface area (Å²) in [6.07, 6.45) is 1.23. The molecule has 2 aromatic carbocycles. The van der Waals surface area contributed by atoms with Crippen LogP contribution in [0, 0.1) is 10.1 Å².